The van der Waals surface area contributed by atoms with Gasteiger partial charge < -0.3 is 13.9 Å². The molecule has 0 radical (unpaired) electrons. The summed E-state index contributed by atoms with van der Waals surface area (Å²) in [4.78, 5) is 2.40. The Kier molecular flexibility index (Phi) is 9.05. The number of hydrogen-bond donors (Lipinski definition) is 0. The number of anilines is 3. The van der Waals surface area contributed by atoms with E-state index in [1.165, 1.54) is 38.5 Å². The van der Waals surface area contributed by atoms with Crippen LogP contribution in [0.25, 0.3) is 60.6 Å². The molecule has 0 fully saturated rings. The lowest BCUT2D eigenvalue weighted by molar-refractivity contribution is 0.669. The second-order valence-electron chi connectivity index (χ2n) is 16.4. The molecule has 12 rings (SSSR count). The van der Waals surface area contributed by atoms with Crippen LogP contribution in [0.5, 0.6) is 0 Å². The summed E-state index contributed by atoms with van der Waals surface area (Å²) < 4.78 is 8.89. The first-order chi connectivity index (χ1) is 31.8. The molecule has 64 heavy (non-hydrogen) atoms. The summed E-state index contributed by atoms with van der Waals surface area (Å²) in [7, 11) is 0. The SMILES string of the molecule is c1ccc(-n2c3ccccc3c3ccc(N(c4cccc(-c5ccc(C(c6ccccc6)(c6ccccc6)c6ccccc6)cc5)c4)c4cccc5oc6ccccc6c45)cc32)cc1. The van der Waals surface area contributed by atoms with Crippen LogP contribution in [0.2, 0.25) is 0 Å². The zero-order valence-electron chi connectivity index (χ0n) is 35.1. The van der Waals surface area contributed by atoms with E-state index in [9.17, 15) is 0 Å². The van der Waals surface area contributed by atoms with Gasteiger partial charge >= 0.3 is 0 Å². The van der Waals surface area contributed by atoms with E-state index < -0.39 is 5.41 Å². The molecular formula is C61H42N2O. The molecule has 302 valence electrons. The van der Waals surface area contributed by atoms with Crippen molar-refractivity contribution in [3.63, 3.8) is 0 Å². The summed E-state index contributed by atoms with van der Waals surface area (Å²) in [5.41, 5.74) is 15.0. The van der Waals surface area contributed by atoms with Crippen molar-refractivity contribution in [2.45, 2.75) is 5.41 Å². The molecule has 0 saturated heterocycles. The number of fused-ring (bicyclic) bond motifs is 6. The molecule has 10 aromatic carbocycles. The lowest BCUT2D eigenvalue weighted by Gasteiger charge is -2.37. The van der Waals surface area contributed by atoms with E-state index in [0.717, 1.165) is 61.3 Å². The van der Waals surface area contributed by atoms with Crippen molar-refractivity contribution in [1.82, 2.24) is 4.57 Å². The third kappa shape index (κ3) is 6.05. The number of rotatable bonds is 9. The van der Waals surface area contributed by atoms with Crippen molar-refractivity contribution in [3.05, 3.63) is 277 Å². The fraction of sp³-hybridized carbons (Fsp3) is 0.0164. The molecule has 0 unspecified atom stereocenters. The second-order valence-corrected chi connectivity index (χ2v) is 16.4. The minimum Gasteiger partial charge on any atom is -0.456 e. The maximum atomic E-state index is 6.50. The van der Waals surface area contributed by atoms with E-state index in [1.807, 2.05) is 6.07 Å². The average molecular weight is 819 g/mol. The Hall–Kier alpha value is -8.40. The van der Waals surface area contributed by atoms with E-state index in [4.69, 9.17) is 4.42 Å². The van der Waals surface area contributed by atoms with Crippen molar-refractivity contribution >= 4 is 60.8 Å². The maximum absolute atomic E-state index is 6.50. The molecule has 3 heteroatoms. The van der Waals surface area contributed by atoms with Gasteiger partial charge in [0.05, 0.1) is 27.5 Å². The normalized spacial score (nSPS) is 11.8. The van der Waals surface area contributed by atoms with Crippen LogP contribution in [0.1, 0.15) is 22.3 Å². The van der Waals surface area contributed by atoms with Gasteiger partial charge in [-0.25, -0.2) is 0 Å². The largest absolute Gasteiger partial charge is 0.456 e. The Morgan fingerprint density at radius 2 is 0.875 bits per heavy atom. The summed E-state index contributed by atoms with van der Waals surface area (Å²) in [6, 6.07) is 91.9. The van der Waals surface area contributed by atoms with E-state index in [1.54, 1.807) is 0 Å². The van der Waals surface area contributed by atoms with Crippen molar-refractivity contribution in [2.75, 3.05) is 4.90 Å². The van der Waals surface area contributed by atoms with Gasteiger partial charge in [0.25, 0.3) is 0 Å². The number of furan rings is 1. The van der Waals surface area contributed by atoms with Crippen molar-refractivity contribution in [2.24, 2.45) is 0 Å². The Bertz CT molecular complexity index is 3500. The van der Waals surface area contributed by atoms with Gasteiger partial charge in [0.15, 0.2) is 0 Å². The molecule has 2 heterocycles. The third-order valence-electron chi connectivity index (χ3n) is 12.9. The molecule has 0 atom stereocenters. The van der Waals surface area contributed by atoms with Crippen LogP contribution in [-0.4, -0.2) is 4.57 Å². The molecule has 0 aliphatic heterocycles. The summed E-state index contributed by atoms with van der Waals surface area (Å²) in [5.74, 6) is 0. The fourth-order valence-electron chi connectivity index (χ4n) is 10.1. The Morgan fingerprint density at radius 3 is 1.56 bits per heavy atom. The summed E-state index contributed by atoms with van der Waals surface area (Å²) in [5, 5.41) is 4.60. The lowest BCUT2D eigenvalue weighted by Crippen LogP contribution is -2.30. The van der Waals surface area contributed by atoms with Gasteiger partial charge in [-0.2, -0.15) is 0 Å². The molecule has 0 aliphatic rings. The third-order valence-corrected chi connectivity index (χ3v) is 12.9. The van der Waals surface area contributed by atoms with Crippen molar-refractivity contribution in [1.29, 1.82) is 0 Å². The van der Waals surface area contributed by atoms with Crippen molar-refractivity contribution < 1.29 is 4.42 Å². The topological polar surface area (TPSA) is 21.3 Å². The number of para-hydroxylation sites is 3. The minimum absolute atomic E-state index is 0.520. The molecule has 0 saturated carbocycles. The van der Waals surface area contributed by atoms with Crippen LogP contribution in [0.3, 0.4) is 0 Å². The molecular weight excluding hydrogens is 777 g/mol. The lowest BCUT2D eigenvalue weighted by atomic mass is 9.65. The van der Waals surface area contributed by atoms with Gasteiger partial charge in [-0.05, 0) is 94.0 Å². The standard InChI is InChI=1S/C61H42N2O/c1-5-20-45(21-6-1)61(46-22-7-2-8-23-46,47-24-9-3-10-25-47)48-37-35-43(36-38-48)44-19-17-28-50(41-44)62(56-32-18-34-59-60(56)54-30-14-16-33-58(54)64-59)51-39-40-53-52-29-13-15-31-55(52)63(57(53)42-51)49-26-11-4-12-27-49/h1-42H. The highest BCUT2D eigenvalue weighted by Gasteiger charge is 2.38. The summed E-state index contributed by atoms with van der Waals surface area (Å²) in [6.45, 7) is 0. The van der Waals surface area contributed by atoms with E-state index in [-0.39, 0.29) is 0 Å². The monoisotopic (exact) mass is 818 g/mol. The molecule has 0 N–H and O–H groups in total. The minimum atomic E-state index is -0.520. The predicted octanol–water partition coefficient (Wildman–Crippen LogP) is 16.2. The van der Waals surface area contributed by atoms with Crippen LogP contribution in [0, 0.1) is 0 Å². The Labute approximate surface area is 372 Å². The van der Waals surface area contributed by atoms with Gasteiger partial charge in [-0.3, -0.25) is 0 Å². The average Bonchev–Trinajstić information content (AvgIpc) is 3.92. The highest BCUT2D eigenvalue weighted by Crippen LogP contribution is 2.47. The maximum Gasteiger partial charge on any atom is 0.137 e. The first kappa shape index (κ1) is 37.4. The van der Waals surface area contributed by atoms with Gasteiger partial charge in [-0.15, -0.1) is 0 Å². The number of benzene rings is 10. The zero-order valence-corrected chi connectivity index (χ0v) is 35.1. The molecule has 2 aromatic heterocycles. The van der Waals surface area contributed by atoms with Gasteiger partial charge in [0.2, 0.25) is 0 Å². The van der Waals surface area contributed by atoms with Gasteiger partial charge in [-0.1, -0.05) is 194 Å². The van der Waals surface area contributed by atoms with Crippen LogP contribution in [0.4, 0.5) is 17.1 Å². The van der Waals surface area contributed by atoms with E-state index in [0.29, 0.717) is 0 Å². The van der Waals surface area contributed by atoms with E-state index in [2.05, 4.69) is 258 Å². The van der Waals surface area contributed by atoms with Crippen LogP contribution in [-0.2, 0) is 5.41 Å². The quantitative estimate of drug-likeness (QED) is 0.135. The number of nitrogens with zero attached hydrogens (tertiary/aromatic N) is 2. The van der Waals surface area contributed by atoms with E-state index >= 15 is 0 Å². The van der Waals surface area contributed by atoms with Crippen LogP contribution in [0.15, 0.2) is 259 Å². The molecule has 0 aliphatic carbocycles. The Balaban J connectivity index is 1.05. The highest BCUT2D eigenvalue weighted by atomic mass is 16.3. The van der Waals surface area contributed by atoms with Gasteiger partial charge in [0, 0.05) is 33.2 Å². The summed E-state index contributed by atoms with van der Waals surface area (Å²) in [6.07, 6.45) is 0. The Morgan fingerprint density at radius 1 is 0.344 bits per heavy atom. The zero-order chi connectivity index (χ0) is 42.5. The molecule has 0 amide bonds. The van der Waals surface area contributed by atoms with Gasteiger partial charge in [0.1, 0.15) is 11.2 Å². The first-order valence-corrected chi connectivity index (χ1v) is 21.9. The number of hydrogen-bond acceptors (Lipinski definition) is 2. The van der Waals surface area contributed by atoms with Crippen LogP contribution >= 0.6 is 0 Å². The summed E-state index contributed by atoms with van der Waals surface area (Å²) >= 11 is 0. The smallest absolute Gasteiger partial charge is 0.137 e. The van der Waals surface area contributed by atoms with Crippen molar-refractivity contribution in [3.8, 4) is 16.8 Å². The molecule has 0 spiro atoms. The fourth-order valence-corrected chi connectivity index (χ4v) is 10.1. The predicted molar refractivity (Wildman–Crippen MR) is 266 cm³/mol. The second kappa shape index (κ2) is 15.5. The molecule has 3 nitrogen and oxygen atoms in total. The molecule has 12 aromatic rings. The number of aromatic nitrogens is 1. The first-order valence-electron chi connectivity index (χ1n) is 21.9. The molecule has 0 bridgehead atoms. The van der Waals surface area contributed by atoms with Crippen LogP contribution < -0.4 is 4.90 Å². The highest BCUT2D eigenvalue weighted by molar-refractivity contribution is 6.14.